The Balaban J connectivity index is 1.87. The molecule has 5 rings (SSSR count). The average Bonchev–Trinajstić information content (AvgIpc) is 2.88. The maximum Gasteiger partial charge on any atom is 0.165 e. The predicted octanol–water partition coefficient (Wildman–Crippen LogP) is 1.35. The lowest BCUT2D eigenvalue weighted by Crippen LogP contribution is -2.70. The third kappa shape index (κ3) is 1.36. The van der Waals surface area contributed by atoms with Crippen molar-refractivity contribution in [1.29, 1.82) is 0 Å². The van der Waals surface area contributed by atoms with Gasteiger partial charge in [0, 0.05) is 5.56 Å². The van der Waals surface area contributed by atoms with Crippen molar-refractivity contribution in [2.45, 2.75) is 48.9 Å². The lowest BCUT2D eigenvalue weighted by Gasteiger charge is -2.60. The van der Waals surface area contributed by atoms with Gasteiger partial charge in [-0.25, -0.2) is 0 Å². The van der Waals surface area contributed by atoms with Gasteiger partial charge in [0.25, 0.3) is 0 Å². The van der Waals surface area contributed by atoms with Gasteiger partial charge in [-0.05, 0) is 36.8 Å². The number of ether oxygens (including phenoxy) is 2. The van der Waals surface area contributed by atoms with Gasteiger partial charge in [-0.1, -0.05) is 24.6 Å². The average molecular weight is 315 g/mol. The molecular weight excluding hydrogens is 294 g/mol. The van der Waals surface area contributed by atoms with Gasteiger partial charge in [0.2, 0.25) is 0 Å². The highest BCUT2D eigenvalue weighted by atomic mass is 16.5. The monoisotopic (exact) mass is 315 g/mol. The van der Waals surface area contributed by atoms with Crippen molar-refractivity contribution in [3.8, 4) is 11.5 Å². The molecule has 23 heavy (non-hydrogen) atoms. The van der Waals surface area contributed by atoms with Crippen LogP contribution in [0.1, 0.15) is 30.4 Å². The second-order valence-electron chi connectivity index (χ2n) is 7.20. The molecule has 4 N–H and O–H groups in total. The molecule has 1 fully saturated rings. The minimum Gasteiger partial charge on any atom is -0.504 e. The number of phenolic OH excluding ortho intramolecular Hbond substituents is 1. The van der Waals surface area contributed by atoms with Crippen LogP contribution in [0, 0.1) is 5.92 Å². The summed E-state index contributed by atoms with van der Waals surface area (Å²) in [5, 5.41) is 20.9. The summed E-state index contributed by atoms with van der Waals surface area (Å²) >= 11 is 0. The summed E-state index contributed by atoms with van der Waals surface area (Å²) in [4.78, 5) is 0. The highest BCUT2D eigenvalue weighted by Gasteiger charge is 2.71. The van der Waals surface area contributed by atoms with Crippen molar-refractivity contribution >= 4 is 0 Å². The first kappa shape index (κ1) is 13.8. The van der Waals surface area contributed by atoms with Gasteiger partial charge in [0.1, 0.15) is 17.8 Å². The molecule has 5 nitrogen and oxygen atoms in total. The Morgan fingerprint density at radius 3 is 3.09 bits per heavy atom. The van der Waals surface area contributed by atoms with E-state index in [2.05, 4.69) is 0 Å². The summed E-state index contributed by atoms with van der Waals surface area (Å²) in [5.74, 6) is 0.989. The maximum absolute atomic E-state index is 10.6. The van der Waals surface area contributed by atoms with E-state index in [1.54, 1.807) is 12.1 Å². The van der Waals surface area contributed by atoms with Crippen molar-refractivity contribution < 1.29 is 19.7 Å². The lowest BCUT2D eigenvalue weighted by molar-refractivity contribution is -0.169. The molecule has 0 radical (unpaired) electrons. The van der Waals surface area contributed by atoms with E-state index in [1.165, 1.54) is 5.56 Å². The van der Waals surface area contributed by atoms with Gasteiger partial charge >= 0.3 is 0 Å². The van der Waals surface area contributed by atoms with E-state index in [0.29, 0.717) is 11.7 Å². The predicted molar refractivity (Wildman–Crippen MR) is 83.3 cm³/mol. The fourth-order valence-electron chi connectivity index (χ4n) is 5.79. The Kier molecular flexibility index (Phi) is 2.58. The smallest absolute Gasteiger partial charge is 0.165 e. The number of phenols is 1. The molecule has 1 spiro atoms. The van der Waals surface area contributed by atoms with E-state index in [0.717, 1.165) is 31.2 Å². The van der Waals surface area contributed by atoms with Crippen LogP contribution >= 0.6 is 0 Å². The van der Waals surface area contributed by atoms with E-state index in [4.69, 9.17) is 15.2 Å². The molecule has 122 valence electrons. The van der Waals surface area contributed by atoms with Crippen LogP contribution in [-0.4, -0.2) is 34.8 Å². The minimum atomic E-state index is -0.707. The van der Waals surface area contributed by atoms with Crippen molar-refractivity contribution in [2.24, 2.45) is 11.7 Å². The summed E-state index contributed by atoms with van der Waals surface area (Å²) in [7, 11) is 0. The largest absolute Gasteiger partial charge is 0.504 e. The van der Waals surface area contributed by atoms with Gasteiger partial charge in [-0.15, -0.1) is 0 Å². The number of hydrogen-bond donors (Lipinski definition) is 3. The fourth-order valence-corrected chi connectivity index (χ4v) is 5.79. The molecule has 2 bridgehead atoms. The number of aromatic hydroxyl groups is 1. The standard InChI is InChI=1S/C18H21NO4/c19-9-22-18-7-5-13(21)16-17(18)6-1-2-11(18)8-10-3-4-12(20)15(23-16)14(10)17/h3-5,7,11,13,16,20-21H,1-2,6,8-9,19H2/t11-,13?,16+,17?,18-/m1/s1. The third-order valence-corrected chi connectivity index (χ3v) is 6.47. The van der Waals surface area contributed by atoms with Crippen molar-refractivity contribution in [2.75, 3.05) is 6.73 Å². The number of aliphatic hydroxyl groups is 1. The van der Waals surface area contributed by atoms with Crippen LogP contribution in [0.3, 0.4) is 0 Å². The van der Waals surface area contributed by atoms with Crippen LogP contribution in [0.4, 0.5) is 0 Å². The van der Waals surface area contributed by atoms with E-state index < -0.39 is 23.2 Å². The van der Waals surface area contributed by atoms with E-state index in [1.807, 2.05) is 12.1 Å². The van der Waals surface area contributed by atoms with Crippen LogP contribution in [0.25, 0.3) is 0 Å². The molecule has 1 aromatic rings. The highest BCUT2D eigenvalue weighted by Crippen LogP contribution is 2.67. The molecule has 0 saturated heterocycles. The number of nitrogens with two attached hydrogens (primary N) is 1. The Bertz CT molecular complexity index is 717. The Hall–Kier alpha value is -1.56. The van der Waals surface area contributed by atoms with Gasteiger partial charge in [-0.2, -0.15) is 0 Å². The Morgan fingerprint density at radius 2 is 2.26 bits per heavy atom. The molecular formula is C18H21NO4. The summed E-state index contributed by atoms with van der Waals surface area (Å²) in [6, 6.07) is 3.70. The molecule has 5 atom stereocenters. The second-order valence-corrected chi connectivity index (χ2v) is 7.20. The summed E-state index contributed by atoms with van der Waals surface area (Å²) in [6.45, 7) is 0.134. The topological polar surface area (TPSA) is 84.9 Å². The fraction of sp³-hybridized carbons (Fsp3) is 0.556. The normalized spacial score (nSPS) is 42.3. The summed E-state index contributed by atoms with van der Waals surface area (Å²) < 4.78 is 12.3. The molecule has 1 aromatic carbocycles. The quantitative estimate of drug-likeness (QED) is 0.567. The third-order valence-electron chi connectivity index (χ3n) is 6.47. The molecule has 1 saturated carbocycles. The molecule has 4 aliphatic rings. The Morgan fingerprint density at radius 1 is 1.39 bits per heavy atom. The Labute approximate surface area is 134 Å². The first-order chi connectivity index (χ1) is 11.1. The second kappa shape index (κ2) is 4.29. The van der Waals surface area contributed by atoms with Crippen LogP contribution in [0.15, 0.2) is 24.3 Å². The number of hydrogen-bond acceptors (Lipinski definition) is 5. The zero-order valence-electron chi connectivity index (χ0n) is 12.9. The first-order valence-corrected chi connectivity index (χ1v) is 8.37. The van der Waals surface area contributed by atoms with Gasteiger partial charge in [0.05, 0.1) is 12.1 Å². The molecule has 1 heterocycles. The molecule has 3 aliphatic carbocycles. The molecule has 0 aromatic heterocycles. The van der Waals surface area contributed by atoms with Gasteiger partial charge < -0.3 is 25.4 Å². The van der Waals surface area contributed by atoms with Crippen molar-refractivity contribution in [3.05, 3.63) is 35.4 Å². The first-order valence-electron chi connectivity index (χ1n) is 8.37. The SMILES string of the molecule is NCO[C@@]12C=CC(O)[C@@H]3Oc4c(O)ccc5c4C31CCC[C@@H]2C5. The highest BCUT2D eigenvalue weighted by molar-refractivity contribution is 5.63. The van der Waals surface area contributed by atoms with E-state index in [-0.39, 0.29) is 12.5 Å². The van der Waals surface area contributed by atoms with Gasteiger partial charge in [0.15, 0.2) is 11.5 Å². The van der Waals surface area contributed by atoms with E-state index in [9.17, 15) is 10.2 Å². The summed E-state index contributed by atoms with van der Waals surface area (Å²) in [6.07, 6.45) is 6.58. The zero-order valence-corrected chi connectivity index (χ0v) is 12.9. The van der Waals surface area contributed by atoms with Crippen LogP contribution in [-0.2, 0) is 16.6 Å². The lowest BCUT2D eigenvalue weighted by atomic mass is 9.47. The van der Waals surface area contributed by atoms with Crippen molar-refractivity contribution in [1.82, 2.24) is 0 Å². The van der Waals surface area contributed by atoms with Crippen LogP contribution in [0.2, 0.25) is 0 Å². The summed E-state index contributed by atoms with van der Waals surface area (Å²) in [5.41, 5.74) is 7.05. The number of benzene rings is 1. The molecule has 5 heteroatoms. The molecule has 1 aliphatic heterocycles. The minimum absolute atomic E-state index is 0.134. The number of aliphatic hydroxyl groups excluding tert-OH is 1. The van der Waals surface area contributed by atoms with Crippen LogP contribution < -0.4 is 10.5 Å². The zero-order chi connectivity index (χ0) is 15.8. The molecule has 0 amide bonds. The maximum atomic E-state index is 10.6. The van der Waals surface area contributed by atoms with Crippen molar-refractivity contribution in [3.63, 3.8) is 0 Å². The van der Waals surface area contributed by atoms with Gasteiger partial charge in [-0.3, -0.25) is 0 Å². The molecule has 2 unspecified atom stereocenters. The van der Waals surface area contributed by atoms with E-state index >= 15 is 0 Å². The van der Waals surface area contributed by atoms with Crippen LogP contribution in [0.5, 0.6) is 11.5 Å². The number of rotatable bonds is 2.